The number of anilines is 1. The van der Waals surface area contributed by atoms with Crippen LogP contribution in [0.25, 0.3) is 22.4 Å². The van der Waals surface area contributed by atoms with Crippen molar-refractivity contribution in [2.24, 2.45) is 11.1 Å². The molecule has 1 aromatic carbocycles. The van der Waals surface area contributed by atoms with E-state index in [1.165, 1.54) is 12.0 Å². The molecule has 0 atom stereocenters. The van der Waals surface area contributed by atoms with Crippen LogP contribution in [-0.4, -0.2) is 46.1 Å². The zero-order chi connectivity index (χ0) is 18.9. The Balaban J connectivity index is 1.57. The molecule has 3 aromatic rings. The Morgan fingerprint density at radius 2 is 2.00 bits per heavy atom. The molecule has 0 saturated carbocycles. The van der Waals surface area contributed by atoms with Crippen molar-refractivity contribution in [1.29, 1.82) is 0 Å². The Morgan fingerprint density at radius 1 is 1.26 bits per heavy atom. The number of rotatable bonds is 5. The van der Waals surface area contributed by atoms with Gasteiger partial charge in [0.25, 0.3) is 0 Å². The number of H-pyrrole nitrogens is 1. The van der Waals surface area contributed by atoms with E-state index < -0.39 is 0 Å². The summed E-state index contributed by atoms with van der Waals surface area (Å²) in [5, 5.41) is 7.46. The van der Waals surface area contributed by atoms with Crippen LogP contribution in [-0.2, 0) is 0 Å². The summed E-state index contributed by atoms with van der Waals surface area (Å²) in [6, 6.07) is 7.82. The third-order valence-corrected chi connectivity index (χ3v) is 5.71. The van der Waals surface area contributed by atoms with Gasteiger partial charge in [0.15, 0.2) is 5.65 Å². The van der Waals surface area contributed by atoms with Gasteiger partial charge in [-0.3, -0.25) is 5.10 Å². The normalized spacial score (nSPS) is 16.6. The lowest BCUT2D eigenvalue weighted by molar-refractivity contribution is 0.258. The van der Waals surface area contributed by atoms with Crippen LogP contribution in [0.2, 0.25) is 0 Å². The van der Waals surface area contributed by atoms with E-state index in [2.05, 4.69) is 27.0 Å². The van der Waals surface area contributed by atoms with Crippen LogP contribution in [0.3, 0.4) is 0 Å². The van der Waals surface area contributed by atoms with Crippen LogP contribution in [0, 0.1) is 5.41 Å². The smallest absolute Gasteiger partial charge is 0.177 e. The molecule has 3 N–H and O–H groups in total. The molecule has 27 heavy (non-hydrogen) atoms. The van der Waals surface area contributed by atoms with Crippen molar-refractivity contribution < 1.29 is 4.18 Å². The minimum absolute atomic E-state index is 0.237. The second kappa shape index (κ2) is 7.36. The fourth-order valence-corrected chi connectivity index (χ4v) is 3.69. The fourth-order valence-electron chi connectivity index (χ4n) is 3.39. The number of nitrogens with zero attached hydrogens (tertiary/aromatic N) is 4. The van der Waals surface area contributed by atoms with Crippen LogP contribution in [0.5, 0.6) is 5.75 Å². The molecule has 0 spiro atoms. The van der Waals surface area contributed by atoms with Gasteiger partial charge in [0.05, 0.1) is 18.2 Å². The lowest BCUT2D eigenvalue weighted by atomic mass is 9.80. The summed E-state index contributed by atoms with van der Waals surface area (Å²) < 4.78 is 5.42. The van der Waals surface area contributed by atoms with E-state index in [1.54, 1.807) is 0 Å². The van der Waals surface area contributed by atoms with Crippen molar-refractivity contribution in [2.75, 3.05) is 30.8 Å². The molecule has 8 heteroatoms. The Bertz CT molecular complexity index is 918. The summed E-state index contributed by atoms with van der Waals surface area (Å²) in [5.74, 6) is 1.70. The van der Waals surface area contributed by atoms with E-state index in [0.717, 1.165) is 60.8 Å². The van der Waals surface area contributed by atoms with Crippen molar-refractivity contribution in [3.8, 4) is 17.0 Å². The van der Waals surface area contributed by atoms with Gasteiger partial charge >= 0.3 is 0 Å². The maximum atomic E-state index is 5.91. The Hall–Kier alpha value is -2.32. The highest BCUT2D eigenvalue weighted by Gasteiger charge is 2.29. The molecule has 3 heterocycles. The first-order chi connectivity index (χ1) is 13.1. The predicted molar refractivity (Wildman–Crippen MR) is 110 cm³/mol. The van der Waals surface area contributed by atoms with E-state index in [-0.39, 0.29) is 5.41 Å². The Morgan fingerprint density at radius 3 is 2.67 bits per heavy atom. The summed E-state index contributed by atoms with van der Waals surface area (Å²) in [4.78, 5) is 11.7. The molecule has 1 aliphatic heterocycles. The average molecular weight is 385 g/mol. The first-order valence-corrected chi connectivity index (χ1v) is 10.2. The zero-order valence-electron chi connectivity index (χ0n) is 15.6. The first-order valence-electron chi connectivity index (χ1n) is 9.09. The van der Waals surface area contributed by atoms with Gasteiger partial charge < -0.3 is 14.8 Å². The van der Waals surface area contributed by atoms with E-state index in [9.17, 15) is 0 Å². The van der Waals surface area contributed by atoms with Crippen LogP contribution >= 0.6 is 12.0 Å². The molecule has 1 fully saturated rings. The molecular weight excluding hydrogens is 360 g/mol. The number of hydrogen-bond acceptors (Lipinski definition) is 7. The molecule has 1 saturated heterocycles. The molecular formula is C19H24N6OS. The van der Waals surface area contributed by atoms with Gasteiger partial charge in [-0.25, -0.2) is 9.97 Å². The van der Waals surface area contributed by atoms with Crippen LogP contribution in [0.4, 0.5) is 5.82 Å². The average Bonchev–Trinajstić information content (AvgIpc) is 3.13. The van der Waals surface area contributed by atoms with E-state index in [4.69, 9.17) is 14.9 Å². The molecule has 0 unspecified atom stereocenters. The topological polar surface area (TPSA) is 93.0 Å². The summed E-state index contributed by atoms with van der Waals surface area (Å²) in [7, 11) is 0. The van der Waals surface area contributed by atoms with Crippen molar-refractivity contribution in [2.45, 2.75) is 19.8 Å². The molecule has 2 aromatic heterocycles. The Labute approximate surface area is 162 Å². The van der Waals surface area contributed by atoms with Crippen LogP contribution < -0.4 is 14.8 Å². The molecule has 4 rings (SSSR count). The quantitative estimate of drug-likeness (QED) is 0.652. The lowest BCUT2D eigenvalue weighted by Crippen LogP contribution is -2.42. The number of benzene rings is 1. The van der Waals surface area contributed by atoms with Crippen LogP contribution in [0.1, 0.15) is 19.8 Å². The van der Waals surface area contributed by atoms with E-state index in [0.29, 0.717) is 5.65 Å². The van der Waals surface area contributed by atoms with Crippen molar-refractivity contribution in [3.05, 3.63) is 30.5 Å². The maximum absolute atomic E-state index is 5.91. The van der Waals surface area contributed by atoms with Gasteiger partial charge in [0, 0.05) is 24.9 Å². The summed E-state index contributed by atoms with van der Waals surface area (Å²) in [5.41, 5.74) is 9.42. The summed E-state index contributed by atoms with van der Waals surface area (Å²) in [6.07, 6.45) is 5.88. The number of aromatic nitrogens is 4. The lowest BCUT2D eigenvalue weighted by Gasteiger charge is -2.39. The predicted octanol–water partition coefficient (Wildman–Crippen LogP) is 3.24. The third-order valence-electron chi connectivity index (χ3n) is 5.35. The van der Waals surface area contributed by atoms with Gasteiger partial charge in [-0.05, 0) is 49.1 Å². The monoisotopic (exact) mass is 384 g/mol. The highest BCUT2D eigenvalue weighted by atomic mass is 32.2. The number of fused-ring (bicyclic) bond motifs is 1. The minimum Gasteiger partial charge on any atom is -0.426 e. The SMILES string of the molecule is CSOc1ccc(-c2n[nH]c3nc(N4CCC(C)(CN)CC4)cnc23)cc1. The standard InChI is InChI=1S/C19H24N6OS/c1-19(12-20)7-9-25(10-8-19)15-11-21-17-16(23-24-18(17)22-15)13-3-5-14(6-4-13)26-27-2/h3-6,11H,7-10,12,20H2,1-2H3,(H,22,23,24). The van der Waals surface area contributed by atoms with Crippen molar-refractivity contribution >= 4 is 29.0 Å². The molecule has 0 amide bonds. The zero-order valence-corrected chi connectivity index (χ0v) is 16.4. The first kappa shape index (κ1) is 18.1. The molecule has 1 aliphatic rings. The maximum Gasteiger partial charge on any atom is 0.177 e. The summed E-state index contributed by atoms with van der Waals surface area (Å²) >= 11 is 1.32. The number of nitrogens with one attached hydrogen (secondary N) is 1. The van der Waals surface area contributed by atoms with E-state index >= 15 is 0 Å². The molecule has 0 bridgehead atoms. The van der Waals surface area contributed by atoms with E-state index in [1.807, 2.05) is 36.7 Å². The number of hydrogen-bond donors (Lipinski definition) is 2. The molecule has 7 nitrogen and oxygen atoms in total. The number of nitrogens with two attached hydrogens (primary N) is 1. The number of aromatic amines is 1. The second-order valence-electron chi connectivity index (χ2n) is 7.27. The Kier molecular flexibility index (Phi) is 4.92. The number of piperidine rings is 1. The van der Waals surface area contributed by atoms with Gasteiger partial charge in [0.2, 0.25) is 0 Å². The van der Waals surface area contributed by atoms with Crippen molar-refractivity contribution in [3.63, 3.8) is 0 Å². The largest absolute Gasteiger partial charge is 0.426 e. The second-order valence-corrected chi connectivity index (χ2v) is 7.77. The van der Waals surface area contributed by atoms with Gasteiger partial charge in [-0.15, -0.1) is 0 Å². The summed E-state index contributed by atoms with van der Waals surface area (Å²) in [6.45, 7) is 4.89. The van der Waals surface area contributed by atoms with Gasteiger partial charge in [-0.1, -0.05) is 6.92 Å². The van der Waals surface area contributed by atoms with Gasteiger partial charge in [0.1, 0.15) is 22.8 Å². The van der Waals surface area contributed by atoms with Crippen molar-refractivity contribution in [1.82, 2.24) is 20.2 Å². The molecule has 0 radical (unpaired) electrons. The third kappa shape index (κ3) is 3.59. The van der Waals surface area contributed by atoms with Gasteiger partial charge in [-0.2, -0.15) is 5.10 Å². The fraction of sp³-hybridized carbons (Fsp3) is 0.421. The molecule has 142 valence electrons. The highest BCUT2D eigenvalue weighted by molar-refractivity contribution is 7.94. The molecule has 0 aliphatic carbocycles. The minimum atomic E-state index is 0.237. The highest BCUT2D eigenvalue weighted by Crippen LogP contribution is 2.32. The van der Waals surface area contributed by atoms with Crippen LogP contribution in [0.15, 0.2) is 30.5 Å².